The van der Waals surface area contributed by atoms with Gasteiger partial charge in [0.1, 0.15) is 0 Å². The number of carbonyl (C=O) groups is 1. The number of carbonyl (C=O) groups excluding carboxylic acids is 1. The van der Waals surface area contributed by atoms with Gasteiger partial charge in [0.05, 0.1) is 7.11 Å². The number of methoxy groups -OCH3 is 1. The zero-order valence-corrected chi connectivity index (χ0v) is 12.6. The number of esters is 1. The number of benzene rings is 1. The van der Waals surface area contributed by atoms with Gasteiger partial charge in [-0.3, -0.25) is 0 Å². The van der Waals surface area contributed by atoms with Crippen molar-refractivity contribution < 1.29 is 9.53 Å². The van der Waals surface area contributed by atoms with Gasteiger partial charge >= 0.3 is 5.97 Å². The number of aromatic nitrogens is 3. The van der Waals surface area contributed by atoms with E-state index in [1.807, 2.05) is 43.3 Å². The number of rotatable bonds is 3. The third-order valence-electron chi connectivity index (χ3n) is 3.40. The van der Waals surface area contributed by atoms with E-state index in [1.165, 1.54) is 11.6 Å². The third-order valence-corrected chi connectivity index (χ3v) is 3.40. The lowest BCUT2D eigenvalue weighted by atomic mass is 10.2. The third kappa shape index (κ3) is 2.39. The Labute approximate surface area is 128 Å². The van der Waals surface area contributed by atoms with Crippen molar-refractivity contribution in [1.82, 2.24) is 14.6 Å². The summed E-state index contributed by atoms with van der Waals surface area (Å²) in [5.74, 6) is 0.131. The summed E-state index contributed by atoms with van der Waals surface area (Å²) in [5.41, 5.74) is 2.95. The van der Waals surface area contributed by atoms with Crippen molar-refractivity contribution in [1.29, 1.82) is 0 Å². The summed E-state index contributed by atoms with van der Waals surface area (Å²) in [7, 11) is 5.32. The second kappa shape index (κ2) is 5.48. The summed E-state index contributed by atoms with van der Waals surface area (Å²) in [6, 6.07) is 13.1. The van der Waals surface area contributed by atoms with Crippen LogP contribution in [-0.2, 0) is 4.74 Å². The van der Waals surface area contributed by atoms with Crippen molar-refractivity contribution in [3.05, 3.63) is 48.2 Å². The first-order valence-corrected chi connectivity index (χ1v) is 6.82. The van der Waals surface area contributed by atoms with Crippen LogP contribution in [0.3, 0.4) is 0 Å². The minimum Gasteiger partial charge on any atom is -0.464 e. The fourth-order valence-corrected chi connectivity index (χ4v) is 2.20. The van der Waals surface area contributed by atoms with Gasteiger partial charge in [-0.1, -0.05) is 6.07 Å². The molecule has 3 rings (SSSR count). The van der Waals surface area contributed by atoms with Gasteiger partial charge in [-0.05, 0) is 36.4 Å². The van der Waals surface area contributed by atoms with Crippen molar-refractivity contribution >= 4 is 17.3 Å². The Morgan fingerprint density at radius 1 is 1.14 bits per heavy atom. The Morgan fingerprint density at radius 2 is 1.86 bits per heavy atom. The summed E-state index contributed by atoms with van der Waals surface area (Å²) >= 11 is 0. The summed E-state index contributed by atoms with van der Waals surface area (Å²) in [5, 5.41) is 4.42. The van der Waals surface area contributed by atoms with E-state index in [2.05, 4.69) is 10.1 Å². The van der Waals surface area contributed by atoms with Gasteiger partial charge in [0, 0.05) is 25.3 Å². The highest BCUT2D eigenvalue weighted by molar-refractivity contribution is 5.88. The number of fused-ring (bicyclic) bond motifs is 1. The molecule has 6 nitrogen and oxygen atoms in total. The standard InChI is InChI=1S/C16H16N4O2/c1-19(2)12-9-7-11(8-10-12)15-17-14-6-4-5-13(16(21)22-3)20(14)18-15/h4-10H,1-3H3. The Kier molecular flexibility index (Phi) is 3.50. The first-order chi connectivity index (χ1) is 10.6. The fraction of sp³-hybridized carbons (Fsp3) is 0.188. The molecule has 1 aromatic carbocycles. The van der Waals surface area contributed by atoms with E-state index in [1.54, 1.807) is 18.2 Å². The molecule has 0 N–H and O–H groups in total. The Morgan fingerprint density at radius 3 is 2.50 bits per heavy atom. The summed E-state index contributed by atoms with van der Waals surface area (Å²) in [6.45, 7) is 0. The average molecular weight is 296 g/mol. The van der Waals surface area contributed by atoms with E-state index < -0.39 is 5.97 Å². The van der Waals surface area contributed by atoms with Gasteiger partial charge in [-0.2, -0.15) is 0 Å². The van der Waals surface area contributed by atoms with Crippen molar-refractivity contribution in [2.24, 2.45) is 0 Å². The quantitative estimate of drug-likeness (QED) is 0.694. The summed E-state index contributed by atoms with van der Waals surface area (Å²) < 4.78 is 6.27. The molecule has 0 unspecified atom stereocenters. The Bertz CT molecular complexity index is 822. The fourth-order valence-electron chi connectivity index (χ4n) is 2.20. The van der Waals surface area contributed by atoms with E-state index in [-0.39, 0.29) is 0 Å². The zero-order chi connectivity index (χ0) is 15.7. The lowest BCUT2D eigenvalue weighted by Crippen LogP contribution is -2.08. The van der Waals surface area contributed by atoms with Crippen molar-refractivity contribution in [2.75, 3.05) is 26.1 Å². The van der Waals surface area contributed by atoms with Crippen LogP contribution >= 0.6 is 0 Å². The van der Waals surface area contributed by atoms with Gasteiger partial charge in [-0.25, -0.2) is 14.3 Å². The molecule has 6 heteroatoms. The number of anilines is 1. The molecule has 0 bridgehead atoms. The largest absolute Gasteiger partial charge is 0.464 e. The molecule has 0 saturated heterocycles. The van der Waals surface area contributed by atoms with Crippen molar-refractivity contribution in [3.8, 4) is 11.4 Å². The highest BCUT2D eigenvalue weighted by atomic mass is 16.5. The van der Waals surface area contributed by atoms with Gasteiger partial charge in [0.2, 0.25) is 0 Å². The molecule has 0 radical (unpaired) electrons. The molecule has 0 atom stereocenters. The second-order valence-electron chi connectivity index (χ2n) is 5.05. The second-order valence-corrected chi connectivity index (χ2v) is 5.05. The van der Waals surface area contributed by atoms with Gasteiger partial charge in [0.25, 0.3) is 0 Å². The molecule has 22 heavy (non-hydrogen) atoms. The van der Waals surface area contributed by atoms with Gasteiger partial charge < -0.3 is 9.64 Å². The van der Waals surface area contributed by atoms with Gasteiger partial charge in [0.15, 0.2) is 17.2 Å². The number of ether oxygens (including phenoxy) is 1. The number of hydrogen-bond donors (Lipinski definition) is 0. The summed E-state index contributed by atoms with van der Waals surface area (Å²) in [4.78, 5) is 18.3. The molecule has 0 aliphatic heterocycles. The molecular weight excluding hydrogens is 280 g/mol. The molecule has 0 aliphatic rings. The van der Waals surface area contributed by atoms with Crippen LogP contribution in [0.1, 0.15) is 10.5 Å². The smallest absolute Gasteiger partial charge is 0.356 e. The van der Waals surface area contributed by atoms with E-state index in [9.17, 15) is 4.79 Å². The number of nitrogens with zero attached hydrogens (tertiary/aromatic N) is 4. The van der Waals surface area contributed by atoms with Crippen LogP contribution in [0.5, 0.6) is 0 Å². The monoisotopic (exact) mass is 296 g/mol. The molecule has 0 fully saturated rings. The lowest BCUT2D eigenvalue weighted by Gasteiger charge is -2.11. The predicted molar refractivity (Wildman–Crippen MR) is 84.1 cm³/mol. The molecule has 0 amide bonds. The maximum absolute atomic E-state index is 11.8. The van der Waals surface area contributed by atoms with E-state index in [0.29, 0.717) is 17.2 Å². The van der Waals surface area contributed by atoms with Crippen molar-refractivity contribution in [3.63, 3.8) is 0 Å². The van der Waals surface area contributed by atoms with Gasteiger partial charge in [-0.15, -0.1) is 5.10 Å². The Hall–Kier alpha value is -2.89. The zero-order valence-electron chi connectivity index (χ0n) is 12.6. The molecule has 0 spiro atoms. The maximum Gasteiger partial charge on any atom is 0.356 e. The Balaban J connectivity index is 2.07. The molecule has 112 valence electrons. The minimum atomic E-state index is -0.440. The molecule has 2 aromatic heterocycles. The minimum absolute atomic E-state index is 0.351. The highest BCUT2D eigenvalue weighted by Crippen LogP contribution is 2.20. The molecule has 0 aliphatic carbocycles. The molecule has 0 saturated carbocycles. The van der Waals surface area contributed by atoms with Crippen LogP contribution in [0.25, 0.3) is 17.0 Å². The van der Waals surface area contributed by atoms with Crippen LogP contribution in [0.4, 0.5) is 5.69 Å². The van der Waals surface area contributed by atoms with Crippen LogP contribution in [0.2, 0.25) is 0 Å². The first-order valence-electron chi connectivity index (χ1n) is 6.82. The molecule has 3 aromatic rings. The molecule has 2 heterocycles. The normalized spacial score (nSPS) is 10.7. The topological polar surface area (TPSA) is 59.7 Å². The van der Waals surface area contributed by atoms with E-state index in [0.717, 1.165) is 11.3 Å². The van der Waals surface area contributed by atoms with Crippen LogP contribution < -0.4 is 4.90 Å². The highest BCUT2D eigenvalue weighted by Gasteiger charge is 2.14. The first kappa shape index (κ1) is 14.1. The molecular formula is C16H16N4O2. The SMILES string of the molecule is COC(=O)c1cccc2nc(-c3ccc(N(C)C)cc3)nn12. The van der Waals surface area contributed by atoms with E-state index >= 15 is 0 Å². The number of hydrogen-bond acceptors (Lipinski definition) is 5. The average Bonchev–Trinajstić information content (AvgIpc) is 2.98. The summed E-state index contributed by atoms with van der Waals surface area (Å²) in [6.07, 6.45) is 0. The lowest BCUT2D eigenvalue weighted by molar-refractivity contribution is 0.0591. The van der Waals surface area contributed by atoms with Crippen LogP contribution in [0.15, 0.2) is 42.5 Å². The van der Waals surface area contributed by atoms with Crippen molar-refractivity contribution in [2.45, 2.75) is 0 Å². The van der Waals surface area contributed by atoms with Crippen LogP contribution in [0, 0.1) is 0 Å². The maximum atomic E-state index is 11.8. The number of pyridine rings is 1. The predicted octanol–water partition coefficient (Wildman–Crippen LogP) is 2.25. The van der Waals surface area contributed by atoms with E-state index in [4.69, 9.17) is 4.74 Å². The van der Waals surface area contributed by atoms with Crippen LogP contribution in [-0.4, -0.2) is 41.8 Å².